The van der Waals surface area contributed by atoms with Gasteiger partial charge in [-0.3, -0.25) is 0 Å². The minimum Gasteiger partial charge on any atom is -0.360 e. The van der Waals surface area contributed by atoms with E-state index in [1.807, 2.05) is 0 Å². The van der Waals surface area contributed by atoms with Gasteiger partial charge in [-0.05, 0) is 6.92 Å². The van der Waals surface area contributed by atoms with E-state index in [1.165, 1.54) is 0 Å². The maximum atomic E-state index is 12.3. The van der Waals surface area contributed by atoms with Crippen LogP contribution in [-0.4, -0.2) is 31.3 Å². The average Bonchev–Trinajstić information content (AvgIpc) is 2.08. The molecule has 1 heterocycles. The van der Waals surface area contributed by atoms with Crippen molar-refractivity contribution in [2.24, 2.45) is 0 Å². The monoisotopic (exact) mass is 180 g/mol. The summed E-state index contributed by atoms with van der Waals surface area (Å²) in [5, 5.41) is 0. The molecule has 0 spiro atoms. The van der Waals surface area contributed by atoms with Crippen LogP contribution in [0.25, 0.3) is 0 Å². The van der Waals surface area contributed by atoms with E-state index >= 15 is 0 Å². The van der Waals surface area contributed by atoms with E-state index in [0.717, 1.165) is 0 Å². The molecule has 0 bridgehead atoms. The zero-order valence-corrected chi connectivity index (χ0v) is 7.10. The molecule has 0 radical (unpaired) electrons. The molecule has 0 amide bonds. The molecule has 0 saturated heterocycles. The second-order valence-corrected chi connectivity index (χ2v) is 3.72. The summed E-state index contributed by atoms with van der Waals surface area (Å²) in [6.07, 6.45) is 1.57. The van der Waals surface area contributed by atoms with E-state index in [-0.39, 0.29) is 6.67 Å². The molecule has 4 nitrogen and oxygen atoms in total. The zero-order valence-electron chi connectivity index (χ0n) is 6.28. The van der Waals surface area contributed by atoms with Crippen molar-refractivity contribution in [3.8, 4) is 0 Å². The van der Waals surface area contributed by atoms with Gasteiger partial charge >= 0.3 is 10.4 Å². The van der Waals surface area contributed by atoms with Crippen LogP contribution in [0.3, 0.4) is 0 Å². The van der Waals surface area contributed by atoms with Gasteiger partial charge in [-0.25, -0.2) is 4.31 Å². The van der Waals surface area contributed by atoms with Gasteiger partial charge in [0.1, 0.15) is 6.67 Å². The Morgan fingerprint density at radius 2 is 2.18 bits per heavy atom. The van der Waals surface area contributed by atoms with Gasteiger partial charge in [-0.1, -0.05) is 3.89 Å². The highest BCUT2D eigenvalue weighted by molar-refractivity contribution is 7.84. The van der Waals surface area contributed by atoms with Crippen molar-refractivity contribution < 1.29 is 12.3 Å². The van der Waals surface area contributed by atoms with Crippen LogP contribution in [0.5, 0.6) is 0 Å². The Hall–Kier alpha value is -0.780. The average molecular weight is 180 g/mol. The van der Waals surface area contributed by atoms with Gasteiger partial charge in [0.05, 0.1) is 0 Å². The lowest BCUT2D eigenvalue weighted by atomic mass is 10.6. The molecule has 0 N–H and O–H groups in total. The molecule has 0 saturated carbocycles. The molecule has 0 aliphatic carbocycles. The molecule has 6 heteroatoms. The maximum Gasteiger partial charge on any atom is 0.400 e. The number of nitrogens with zero attached hydrogens (tertiary/aromatic N) is 2. The minimum atomic E-state index is -4.56. The lowest BCUT2D eigenvalue weighted by Crippen LogP contribution is -2.27. The fraction of sp³-hybridized carbons (Fsp3) is 0.600. The van der Waals surface area contributed by atoms with Gasteiger partial charge < -0.3 is 4.90 Å². The van der Waals surface area contributed by atoms with Crippen molar-refractivity contribution in [2.45, 2.75) is 6.92 Å². The SMILES string of the molecule is CC1=CN(C)CN1S(=O)(=O)F. The fourth-order valence-electron chi connectivity index (χ4n) is 0.979. The Kier molecular flexibility index (Phi) is 1.79. The lowest BCUT2D eigenvalue weighted by molar-refractivity contribution is 0.363. The minimum absolute atomic E-state index is 0.0602. The van der Waals surface area contributed by atoms with Crippen molar-refractivity contribution in [3.63, 3.8) is 0 Å². The summed E-state index contributed by atoms with van der Waals surface area (Å²) in [5.41, 5.74) is 0.398. The summed E-state index contributed by atoms with van der Waals surface area (Å²) in [6.45, 7) is 1.60. The van der Waals surface area contributed by atoms with E-state index in [4.69, 9.17) is 0 Å². The van der Waals surface area contributed by atoms with Gasteiger partial charge in [0.2, 0.25) is 0 Å². The Morgan fingerprint density at radius 1 is 1.64 bits per heavy atom. The molecule has 1 aliphatic heterocycles. The second kappa shape index (κ2) is 2.37. The largest absolute Gasteiger partial charge is 0.400 e. The zero-order chi connectivity index (χ0) is 8.65. The van der Waals surface area contributed by atoms with E-state index < -0.39 is 10.4 Å². The number of hydrogen-bond acceptors (Lipinski definition) is 3. The van der Waals surface area contributed by atoms with Crippen LogP contribution in [0.2, 0.25) is 0 Å². The van der Waals surface area contributed by atoms with Crippen LogP contribution in [0.1, 0.15) is 6.92 Å². The van der Waals surface area contributed by atoms with E-state index in [2.05, 4.69) is 0 Å². The predicted molar refractivity (Wildman–Crippen MR) is 38.3 cm³/mol. The van der Waals surface area contributed by atoms with Gasteiger partial charge in [-0.15, -0.1) is 0 Å². The van der Waals surface area contributed by atoms with Crippen molar-refractivity contribution >= 4 is 10.4 Å². The Balaban J connectivity index is 2.89. The van der Waals surface area contributed by atoms with E-state index in [9.17, 15) is 12.3 Å². The molecule has 11 heavy (non-hydrogen) atoms. The van der Waals surface area contributed by atoms with Gasteiger partial charge in [-0.2, -0.15) is 8.42 Å². The van der Waals surface area contributed by atoms with Gasteiger partial charge in [0.25, 0.3) is 0 Å². The Labute approximate surface area is 65.2 Å². The van der Waals surface area contributed by atoms with Crippen LogP contribution < -0.4 is 0 Å². The standard InChI is InChI=1S/C5H9FN2O2S/c1-5-3-7(2)4-8(5)11(6,9)10/h3H,4H2,1-2H3. The van der Waals surface area contributed by atoms with E-state index in [0.29, 0.717) is 10.0 Å². The van der Waals surface area contributed by atoms with Crippen LogP contribution in [0, 0.1) is 0 Å². The molecule has 1 aliphatic rings. The summed E-state index contributed by atoms with van der Waals surface area (Å²) in [4.78, 5) is 1.59. The normalized spacial score (nSPS) is 19.0. The lowest BCUT2D eigenvalue weighted by Gasteiger charge is -2.14. The highest BCUT2D eigenvalue weighted by Gasteiger charge is 2.26. The van der Waals surface area contributed by atoms with Gasteiger partial charge in [0.15, 0.2) is 0 Å². The summed E-state index contributed by atoms with van der Waals surface area (Å²) in [7, 11) is -2.89. The molecule has 1 rings (SSSR count). The van der Waals surface area contributed by atoms with E-state index in [1.54, 1.807) is 25.1 Å². The number of rotatable bonds is 1. The first-order valence-corrected chi connectivity index (χ1v) is 4.36. The Morgan fingerprint density at radius 3 is 2.36 bits per heavy atom. The summed E-state index contributed by atoms with van der Waals surface area (Å²) < 4.78 is 33.8. The van der Waals surface area contributed by atoms with Crippen molar-refractivity contribution in [1.29, 1.82) is 0 Å². The Bertz CT molecular complexity index is 285. The molecule has 64 valence electrons. The molecule has 0 unspecified atom stereocenters. The second-order valence-electron chi connectivity index (χ2n) is 2.46. The highest BCUT2D eigenvalue weighted by Crippen LogP contribution is 2.18. The third-order valence-electron chi connectivity index (χ3n) is 1.42. The van der Waals surface area contributed by atoms with Crippen LogP contribution in [-0.2, 0) is 10.4 Å². The maximum absolute atomic E-state index is 12.3. The van der Waals surface area contributed by atoms with Crippen molar-refractivity contribution in [2.75, 3.05) is 13.7 Å². The predicted octanol–water partition coefficient (Wildman–Crippen LogP) is 0.267. The molecule has 0 aromatic carbocycles. The van der Waals surface area contributed by atoms with Crippen LogP contribution >= 0.6 is 0 Å². The summed E-state index contributed by atoms with van der Waals surface area (Å²) in [6, 6.07) is 0. The molecule has 0 fully saturated rings. The van der Waals surface area contributed by atoms with Crippen molar-refractivity contribution in [3.05, 3.63) is 11.9 Å². The first-order valence-electron chi connectivity index (χ1n) is 3.02. The molecule has 0 atom stereocenters. The third-order valence-corrected chi connectivity index (χ3v) is 2.35. The fourth-order valence-corrected chi connectivity index (χ4v) is 1.69. The van der Waals surface area contributed by atoms with Crippen molar-refractivity contribution in [1.82, 2.24) is 9.21 Å². The summed E-state index contributed by atoms with van der Waals surface area (Å²) >= 11 is 0. The van der Waals surface area contributed by atoms with Crippen LogP contribution in [0.15, 0.2) is 11.9 Å². The third kappa shape index (κ3) is 1.62. The van der Waals surface area contributed by atoms with Gasteiger partial charge in [0, 0.05) is 18.9 Å². The molecular weight excluding hydrogens is 171 g/mol. The molecular formula is C5H9FN2O2S. The number of allylic oxidation sites excluding steroid dienone is 1. The first-order chi connectivity index (χ1) is 4.91. The topological polar surface area (TPSA) is 40.6 Å². The molecule has 0 aromatic rings. The van der Waals surface area contributed by atoms with Crippen LogP contribution in [0.4, 0.5) is 3.89 Å². The first kappa shape index (κ1) is 8.32. The quantitative estimate of drug-likeness (QED) is 0.544. The summed E-state index contributed by atoms with van der Waals surface area (Å²) in [5.74, 6) is 0. The smallest absolute Gasteiger partial charge is 0.360 e. The number of halogens is 1. The number of hydrogen-bond donors (Lipinski definition) is 0. The molecule has 0 aromatic heterocycles. The highest BCUT2D eigenvalue weighted by atomic mass is 32.3.